The summed E-state index contributed by atoms with van der Waals surface area (Å²) in [5.74, 6) is 0.0874. The second-order valence-corrected chi connectivity index (χ2v) is 3.51. The predicted octanol–water partition coefficient (Wildman–Crippen LogP) is 1.38. The van der Waals surface area contributed by atoms with Crippen molar-refractivity contribution in [3.05, 3.63) is 17.0 Å². The van der Waals surface area contributed by atoms with Crippen molar-refractivity contribution < 1.29 is 4.79 Å². The zero-order valence-electron chi connectivity index (χ0n) is 10.2. The lowest BCUT2D eigenvalue weighted by atomic mass is 10.1. The summed E-state index contributed by atoms with van der Waals surface area (Å²) >= 11 is 0. The van der Waals surface area contributed by atoms with E-state index in [0.717, 1.165) is 29.9 Å². The van der Waals surface area contributed by atoms with E-state index in [1.165, 1.54) is 0 Å². The highest BCUT2D eigenvalue weighted by Gasteiger charge is 2.26. The number of hydrogen-bond donors (Lipinski definition) is 0. The molecule has 4 heteroatoms. The van der Waals surface area contributed by atoms with E-state index < -0.39 is 0 Å². The summed E-state index contributed by atoms with van der Waals surface area (Å²) in [4.78, 5) is 13.5. The molecule has 0 spiro atoms. The second-order valence-electron chi connectivity index (χ2n) is 3.51. The van der Waals surface area contributed by atoms with Gasteiger partial charge < -0.3 is 4.90 Å². The number of rotatable bonds is 0. The Balaban J connectivity index is 0.000000531. The minimum atomic E-state index is 0.0874. The number of aromatic nitrogens is 2. The van der Waals surface area contributed by atoms with Crippen molar-refractivity contribution in [2.75, 3.05) is 13.6 Å². The molecule has 1 amide bonds. The van der Waals surface area contributed by atoms with E-state index in [4.69, 9.17) is 0 Å². The van der Waals surface area contributed by atoms with E-state index in [-0.39, 0.29) is 5.91 Å². The van der Waals surface area contributed by atoms with Gasteiger partial charge in [-0.05, 0) is 13.3 Å². The van der Waals surface area contributed by atoms with E-state index in [9.17, 15) is 4.79 Å². The molecule has 0 bridgehead atoms. The first-order chi connectivity index (χ1) is 7.11. The van der Waals surface area contributed by atoms with Gasteiger partial charge in [-0.25, -0.2) is 0 Å². The van der Waals surface area contributed by atoms with Gasteiger partial charge >= 0.3 is 0 Å². The van der Waals surface area contributed by atoms with E-state index in [0.29, 0.717) is 0 Å². The van der Waals surface area contributed by atoms with Crippen molar-refractivity contribution in [2.45, 2.75) is 27.2 Å². The first kappa shape index (κ1) is 11.8. The molecule has 1 aliphatic rings. The number of carbonyl (C=O) groups excluding carboxylic acids is 1. The minimum absolute atomic E-state index is 0.0874. The van der Waals surface area contributed by atoms with Gasteiger partial charge in [-0.1, -0.05) is 13.8 Å². The van der Waals surface area contributed by atoms with Crippen molar-refractivity contribution in [3.63, 3.8) is 0 Å². The van der Waals surface area contributed by atoms with Crippen LogP contribution in [-0.4, -0.2) is 34.2 Å². The Kier molecular flexibility index (Phi) is 3.50. The summed E-state index contributed by atoms with van der Waals surface area (Å²) in [6, 6.07) is 0. The third kappa shape index (κ3) is 1.89. The highest BCUT2D eigenvalue weighted by atomic mass is 16.2. The molecule has 4 nitrogen and oxygen atoms in total. The molecule has 0 aromatic carbocycles. The molecule has 0 atom stereocenters. The van der Waals surface area contributed by atoms with Gasteiger partial charge in [-0.2, -0.15) is 5.10 Å². The summed E-state index contributed by atoms with van der Waals surface area (Å²) in [6.45, 7) is 6.76. The molecule has 0 saturated heterocycles. The van der Waals surface area contributed by atoms with Crippen LogP contribution in [0.1, 0.15) is 35.6 Å². The molecular formula is C11H19N3O. The largest absolute Gasteiger partial charge is 0.340 e. The average Bonchev–Trinajstić information content (AvgIpc) is 2.51. The van der Waals surface area contributed by atoms with Crippen LogP contribution in [0.5, 0.6) is 0 Å². The van der Waals surface area contributed by atoms with Gasteiger partial charge in [0.15, 0.2) is 0 Å². The molecule has 2 heterocycles. The highest BCUT2D eigenvalue weighted by Crippen LogP contribution is 2.19. The van der Waals surface area contributed by atoms with Crippen LogP contribution in [0.25, 0.3) is 0 Å². The van der Waals surface area contributed by atoms with Gasteiger partial charge in [0.25, 0.3) is 5.91 Å². The van der Waals surface area contributed by atoms with Crippen LogP contribution in [0.15, 0.2) is 0 Å². The lowest BCUT2D eigenvalue weighted by molar-refractivity contribution is 0.0769. The number of amides is 1. The molecular weight excluding hydrogens is 190 g/mol. The number of likely N-dealkylation sites (N-methyl/N-ethyl adjacent to an activating group) is 1. The van der Waals surface area contributed by atoms with Crippen molar-refractivity contribution in [3.8, 4) is 0 Å². The van der Waals surface area contributed by atoms with E-state index in [1.807, 2.05) is 34.9 Å². The predicted molar refractivity (Wildman–Crippen MR) is 60.0 cm³/mol. The second kappa shape index (κ2) is 4.47. The van der Waals surface area contributed by atoms with Gasteiger partial charge in [-0.3, -0.25) is 9.48 Å². The molecule has 0 aliphatic carbocycles. The molecule has 1 aromatic rings. The average molecular weight is 209 g/mol. The van der Waals surface area contributed by atoms with Crippen LogP contribution in [0.3, 0.4) is 0 Å². The topological polar surface area (TPSA) is 38.1 Å². The Morgan fingerprint density at radius 3 is 2.47 bits per heavy atom. The summed E-state index contributed by atoms with van der Waals surface area (Å²) in [5.41, 5.74) is 2.86. The number of nitrogens with zero attached hydrogens (tertiary/aromatic N) is 3. The Morgan fingerprint density at radius 2 is 1.87 bits per heavy atom. The fourth-order valence-corrected chi connectivity index (χ4v) is 1.83. The number of hydrogen-bond acceptors (Lipinski definition) is 2. The lowest BCUT2D eigenvalue weighted by Crippen LogP contribution is -2.35. The van der Waals surface area contributed by atoms with Gasteiger partial charge in [0, 0.05) is 26.2 Å². The van der Waals surface area contributed by atoms with Crippen molar-refractivity contribution in [1.82, 2.24) is 14.7 Å². The van der Waals surface area contributed by atoms with Crippen LogP contribution in [0, 0.1) is 6.92 Å². The number of aryl methyl sites for hydroxylation is 2. The maximum Gasteiger partial charge on any atom is 0.272 e. The van der Waals surface area contributed by atoms with Gasteiger partial charge in [-0.15, -0.1) is 0 Å². The van der Waals surface area contributed by atoms with Crippen molar-refractivity contribution >= 4 is 5.91 Å². The standard InChI is InChI=1S/C9H13N3O.C2H6/c1-6-7-4-5-11(2)9(13)8(7)12(3)10-6;1-2/h4-5H2,1-3H3;1-2H3. The van der Waals surface area contributed by atoms with Gasteiger partial charge in [0.05, 0.1) is 5.69 Å². The summed E-state index contributed by atoms with van der Waals surface area (Å²) in [6.07, 6.45) is 0.928. The minimum Gasteiger partial charge on any atom is -0.340 e. The molecule has 0 saturated carbocycles. The monoisotopic (exact) mass is 209 g/mol. The maximum atomic E-state index is 11.7. The maximum absolute atomic E-state index is 11.7. The molecule has 2 rings (SSSR count). The Hall–Kier alpha value is -1.32. The summed E-state index contributed by atoms with van der Waals surface area (Å²) in [5, 5.41) is 4.25. The highest BCUT2D eigenvalue weighted by molar-refractivity contribution is 5.95. The Bertz CT molecular complexity index is 368. The molecule has 1 aliphatic heterocycles. The van der Waals surface area contributed by atoms with E-state index in [1.54, 1.807) is 9.58 Å². The van der Waals surface area contributed by atoms with Crippen LogP contribution >= 0.6 is 0 Å². The molecule has 0 radical (unpaired) electrons. The first-order valence-electron chi connectivity index (χ1n) is 5.39. The van der Waals surface area contributed by atoms with Crippen molar-refractivity contribution in [2.24, 2.45) is 7.05 Å². The molecule has 84 valence electrons. The zero-order valence-corrected chi connectivity index (χ0v) is 10.2. The van der Waals surface area contributed by atoms with Crippen LogP contribution in [0.4, 0.5) is 0 Å². The molecule has 1 aromatic heterocycles. The molecule has 15 heavy (non-hydrogen) atoms. The number of fused-ring (bicyclic) bond motifs is 1. The first-order valence-corrected chi connectivity index (χ1v) is 5.39. The summed E-state index contributed by atoms with van der Waals surface area (Å²) < 4.78 is 1.68. The number of carbonyl (C=O) groups is 1. The fourth-order valence-electron chi connectivity index (χ4n) is 1.83. The Labute approximate surface area is 90.9 Å². The van der Waals surface area contributed by atoms with Gasteiger partial charge in [0.2, 0.25) is 0 Å². The zero-order chi connectivity index (χ0) is 11.6. The third-order valence-electron chi connectivity index (χ3n) is 2.59. The molecule has 0 N–H and O–H groups in total. The van der Waals surface area contributed by atoms with E-state index >= 15 is 0 Å². The van der Waals surface area contributed by atoms with Crippen molar-refractivity contribution in [1.29, 1.82) is 0 Å². The SMILES string of the molecule is CC.Cc1nn(C)c2c1CCN(C)C2=O. The quantitative estimate of drug-likeness (QED) is 0.647. The van der Waals surface area contributed by atoms with Crippen LogP contribution in [-0.2, 0) is 13.5 Å². The lowest BCUT2D eigenvalue weighted by Gasteiger charge is -2.22. The normalized spacial score (nSPS) is 14.5. The fraction of sp³-hybridized carbons (Fsp3) is 0.636. The third-order valence-corrected chi connectivity index (χ3v) is 2.59. The van der Waals surface area contributed by atoms with Gasteiger partial charge in [0.1, 0.15) is 5.69 Å². The van der Waals surface area contributed by atoms with E-state index in [2.05, 4.69) is 5.10 Å². The smallest absolute Gasteiger partial charge is 0.272 e. The van der Waals surface area contributed by atoms with Crippen LogP contribution in [0.2, 0.25) is 0 Å². The van der Waals surface area contributed by atoms with Crippen LogP contribution < -0.4 is 0 Å². The summed E-state index contributed by atoms with van der Waals surface area (Å²) in [7, 11) is 3.65. The molecule has 0 unspecified atom stereocenters. The Morgan fingerprint density at radius 1 is 1.27 bits per heavy atom. The molecule has 0 fully saturated rings.